The molecule has 0 fully saturated rings. The van der Waals surface area contributed by atoms with Crippen molar-refractivity contribution in [3.05, 3.63) is 42.5 Å². The number of benzene rings is 2. The van der Waals surface area contributed by atoms with Crippen LogP contribution in [0.4, 0.5) is 5.69 Å². The highest BCUT2D eigenvalue weighted by molar-refractivity contribution is 8.00. The van der Waals surface area contributed by atoms with Gasteiger partial charge < -0.3 is 9.32 Å². The van der Waals surface area contributed by atoms with Crippen molar-refractivity contribution in [1.82, 2.24) is 4.98 Å². The molecule has 9 heteroatoms. The van der Waals surface area contributed by atoms with Gasteiger partial charge in [0.2, 0.25) is 5.91 Å². The third-order valence-corrected chi connectivity index (χ3v) is 8.72. The van der Waals surface area contributed by atoms with Gasteiger partial charge in [0.25, 0.3) is 5.22 Å². The number of sulfone groups is 1. The second-order valence-corrected chi connectivity index (χ2v) is 11.7. The molecule has 1 aliphatic rings. The molecule has 0 aliphatic carbocycles. The van der Waals surface area contributed by atoms with Gasteiger partial charge in [-0.15, -0.1) is 11.8 Å². The van der Waals surface area contributed by atoms with Gasteiger partial charge >= 0.3 is 0 Å². The molecule has 0 unspecified atom stereocenters. The van der Waals surface area contributed by atoms with E-state index in [1.54, 1.807) is 24.8 Å². The van der Waals surface area contributed by atoms with Gasteiger partial charge in [-0.2, -0.15) is 0 Å². The largest absolute Gasteiger partial charge is 0.431 e. The Morgan fingerprint density at radius 1 is 1.30 bits per heavy atom. The summed E-state index contributed by atoms with van der Waals surface area (Å²) in [6.45, 7) is 4.46. The number of aromatic nitrogens is 1. The molecule has 158 valence electrons. The summed E-state index contributed by atoms with van der Waals surface area (Å²) in [7, 11) is -3.31. The van der Waals surface area contributed by atoms with Crippen LogP contribution < -0.4 is 4.90 Å². The summed E-state index contributed by atoms with van der Waals surface area (Å²) in [5.41, 5.74) is 1.93. The van der Waals surface area contributed by atoms with E-state index in [9.17, 15) is 13.2 Å². The van der Waals surface area contributed by atoms with Crippen LogP contribution in [0.2, 0.25) is 0 Å². The van der Waals surface area contributed by atoms with Gasteiger partial charge in [-0.25, -0.2) is 13.4 Å². The minimum absolute atomic E-state index is 0.00124. The molecule has 1 aromatic heterocycles. The molecule has 0 radical (unpaired) electrons. The lowest BCUT2D eigenvalue weighted by Crippen LogP contribution is -2.33. The first kappa shape index (κ1) is 21.3. The van der Waals surface area contributed by atoms with E-state index in [0.717, 1.165) is 17.0 Å². The predicted octanol–water partition coefficient (Wildman–Crippen LogP) is 4.63. The van der Waals surface area contributed by atoms with E-state index in [-0.39, 0.29) is 22.3 Å². The summed E-state index contributed by atoms with van der Waals surface area (Å²) in [5.74, 6) is 0.222. The van der Waals surface area contributed by atoms with Gasteiger partial charge in [0.05, 0.1) is 22.1 Å². The van der Waals surface area contributed by atoms with Crippen LogP contribution in [0.1, 0.15) is 20.3 Å². The Morgan fingerprint density at radius 3 is 2.90 bits per heavy atom. The van der Waals surface area contributed by atoms with E-state index in [1.807, 2.05) is 23.1 Å². The molecular formula is C21H22N2O4S3. The summed E-state index contributed by atoms with van der Waals surface area (Å²) in [6.07, 6.45) is 0.924. The van der Waals surface area contributed by atoms with E-state index < -0.39 is 9.84 Å². The lowest BCUT2D eigenvalue weighted by Gasteiger charge is -2.22. The van der Waals surface area contributed by atoms with E-state index >= 15 is 0 Å². The zero-order valence-corrected chi connectivity index (χ0v) is 19.1. The van der Waals surface area contributed by atoms with E-state index in [0.29, 0.717) is 28.1 Å². The minimum Gasteiger partial charge on any atom is -0.431 e. The number of para-hydroxylation sites is 1. The maximum Gasteiger partial charge on any atom is 0.257 e. The van der Waals surface area contributed by atoms with Crippen LogP contribution >= 0.6 is 23.5 Å². The second kappa shape index (κ2) is 8.64. The van der Waals surface area contributed by atoms with Gasteiger partial charge in [-0.1, -0.05) is 37.7 Å². The Labute approximate surface area is 184 Å². The van der Waals surface area contributed by atoms with Crippen LogP contribution in [0.3, 0.4) is 0 Å². The highest BCUT2D eigenvalue weighted by Crippen LogP contribution is 2.37. The summed E-state index contributed by atoms with van der Waals surface area (Å²) in [6, 6.07) is 12.6. The first-order chi connectivity index (χ1) is 14.4. The number of fused-ring (bicyclic) bond motifs is 2. The number of nitrogens with zero attached hydrogens (tertiary/aromatic N) is 2. The SMILES string of the molecule is CCS(=O)(=O)c1ccc2oc(SCC(=O)N3CC[C@@H](C)Sc4ccccc43)nc2c1. The van der Waals surface area contributed by atoms with E-state index in [1.165, 1.54) is 23.9 Å². The Balaban J connectivity index is 1.51. The fourth-order valence-electron chi connectivity index (χ4n) is 3.26. The lowest BCUT2D eigenvalue weighted by atomic mass is 10.2. The molecule has 4 rings (SSSR count). The van der Waals surface area contributed by atoms with Crippen LogP contribution in [0.25, 0.3) is 11.1 Å². The molecule has 1 amide bonds. The molecule has 30 heavy (non-hydrogen) atoms. The smallest absolute Gasteiger partial charge is 0.257 e. The maximum atomic E-state index is 13.0. The van der Waals surface area contributed by atoms with Crippen LogP contribution in [-0.4, -0.2) is 42.6 Å². The van der Waals surface area contributed by atoms with Crippen molar-refractivity contribution < 1.29 is 17.6 Å². The average molecular weight is 463 g/mol. The molecule has 0 saturated carbocycles. The molecule has 2 aromatic carbocycles. The Morgan fingerprint density at radius 2 is 2.10 bits per heavy atom. The van der Waals surface area contributed by atoms with Crippen LogP contribution in [0.5, 0.6) is 0 Å². The first-order valence-electron chi connectivity index (χ1n) is 9.69. The number of carbonyl (C=O) groups excluding carboxylic acids is 1. The number of carbonyl (C=O) groups is 1. The average Bonchev–Trinajstić information content (AvgIpc) is 3.07. The highest BCUT2D eigenvalue weighted by atomic mass is 32.2. The van der Waals surface area contributed by atoms with Crippen LogP contribution in [0, 0.1) is 0 Å². The van der Waals surface area contributed by atoms with Crippen molar-refractivity contribution >= 4 is 56.1 Å². The van der Waals surface area contributed by atoms with Crippen molar-refractivity contribution in [3.63, 3.8) is 0 Å². The van der Waals surface area contributed by atoms with Crippen molar-refractivity contribution in [2.45, 2.75) is 40.5 Å². The number of rotatable bonds is 5. The highest BCUT2D eigenvalue weighted by Gasteiger charge is 2.24. The summed E-state index contributed by atoms with van der Waals surface area (Å²) >= 11 is 3.02. The molecule has 0 N–H and O–H groups in total. The lowest BCUT2D eigenvalue weighted by molar-refractivity contribution is -0.116. The summed E-state index contributed by atoms with van der Waals surface area (Å²) < 4.78 is 29.9. The standard InChI is InChI=1S/C21H22N2O4S3/c1-3-30(25,26)15-8-9-18-16(12-15)22-21(27-18)28-13-20(24)23-11-10-14(2)29-19-7-5-4-6-17(19)23/h4-9,12,14H,3,10-11,13H2,1-2H3/t14-/m1/s1. The molecular weight excluding hydrogens is 440 g/mol. The summed E-state index contributed by atoms with van der Waals surface area (Å²) in [4.78, 5) is 20.5. The number of hydrogen-bond acceptors (Lipinski definition) is 7. The van der Waals surface area contributed by atoms with Crippen molar-refractivity contribution in [2.75, 3.05) is 23.0 Å². The Kier molecular flexibility index (Phi) is 6.13. The fourth-order valence-corrected chi connectivity index (χ4v) is 5.98. The topological polar surface area (TPSA) is 80.5 Å². The van der Waals surface area contributed by atoms with Crippen molar-refractivity contribution in [2.24, 2.45) is 0 Å². The van der Waals surface area contributed by atoms with Gasteiger partial charge in [0.1, 0.15) is 5.52 Å². The van der Waals surface area contributed by atoms with Crippen molar-refractivity contribution in [3.8, 4) is 0 Å². The zero-order valence-electron chi connectivity index (χ0n) is 16.7. The molecule has 3 aromatic rings. The Hall–Kier alpha value is -1.97. The Bertz CT molecular complexity index is 1190. The van der Waals surface area contributed by atoms with Crippen LogP contribution in [0.15, 0.2) is 61.9 Å². The number of hydrogen-bond donors (Lipinski definition) is 0. The minimum atomic E-state index is -3.31. The van der Waals surface area contributed by atoms with Crippen LogP contribution in [-0.2, 0) is 14.6 Å². The number of amides is 1. The van der Waals surface area contributed by atoms with E-state index in [4.69, 9.17) is 4.42 Å². The maximum absolute atomic E-state index is 13.0. The molecule has 0 bridgehead atoms. The fraction of sp³-hybridized carbons (Fsp3) is 0.333. The normalized spacial score (nSPS) is 17.0. The third kappa shape index (κ3) is 4.38. The molecule has 2 heterocycles. The number of oxazole rings is 1. The summed E-state index contributed by atoms with van der Waals surface area (Å²) in [5, 5.41) is 0.803. The predicted molar refractivity (Wildman–Crippen MR) is 121 cm³/mol. The molecule has 1 atom stereocenters. The quantitative estimate of drug-likeness (QED) is 0.511. The molecule has 0 spiro atoms. The van der Waals surface area contributed by atoms with Gasteiger partial charge in [-0.3, -0.25) is 4.79 Å². The molecule has 0 saturated heterocycles. The number of thioether (sulfide) groups is 2. The third-order valence-electron chi connectivity index (χ3n) is 4.94. The molecule has 6 nitrogen and oxygen atoms in total. The first-order valence-corrected chi connectivity index (χ1v) is 13.2. The van der Waals surface area contributed by atoms with Gasteiger partial charge in [0, 0.05) is 16.7 Å². The van der Waals surface area contributed by atoms with Gasteiger partial charge in [-0.05, 0) is 36.8 Å². The number of anilines is 1. The monoisotopic (exact) mass is 462 g/mol. The molecule has 1 aliphatic heterocycles. The van der Waals surface area contributed by atoms with Gasteiger partial charge in [0.15, 0.2) is 15.4 Å². The zero-order chi connectivity index (χ0) is 21.3. The second-order valence-electron chi connectivity index (χ2n) is 7.03. The van der Waals surface area contributed by atoms with E-state index in [2.05, 4.69) is 18.0 Å². The van der Waals surface area contributed by atoms with Crippen molar-refractivity contribution in [1.29, 1.82) is 0 Å².